The van der Waals surface area contributed by atoms with Gasteiger partial charge in [-0.3, -0.25) is 9.36 Å². The van der Waals surface area contributed by atoms with Gasteiger partial charge in [0.05, 0.1) is 18.0 Å². The third kappa shape index (κ3) is 4.86. The molecule has 1 aliphatic heterocycles. The number of aromatic nitrogens is 4. The number of imidazole rings is 1. The second-order valence-corrected chi connectivity index (χ2v) is 8.88. The first-order valence-corrected chi connectivity index (χ1v) is 11.9. The number of nitrogens with zero attached hydrogens (tertiary/aromatic N) is 4. The lowest BCUT2D eigenvalue weighted by molar-refractivity contribution is -0.0459. The summed E-state index contributed by atoms with van der Waals surface area (Å²) >= 11 is 0. The van der Waals surface area contributed by atoms with Crippen molar-refractivity contribution in [2.24, 2.45) is 0 Å². The number of anilines is 1. The van der Waals surface area contributed by atoms with Gasteiger partial charge in [-0.2, -0.15) is 0 Å². The van der Waals surface area contributed by atoms with Crippen LogP contribution in [0.5, 0.6) is 11.5 Å². The van der Waals surface area contributed by atoms with Crippen molar-refractivity contribution < 1.29 is 34.4 Å². The fraction of sp³-hybridized carbons (Fsp3) is 0.269. The second-order valence-electron chi connectivity index (χ2n) is 8.88. The summed E-state index contributed by atoms with van der Waals surface area (Å²) < 4.78 is 13.4. The first kappa shape index (κ1) is 25.1. The molecule has 196 valence electrons. The molecule has 12 nitrogen and oxygen atoms in total. The van der Waals surface area contributed by atoms with Gasteiger partial charge in [0.15, 0.2) is 35.0 Å². The predicted molar refractivity (Wildman–Crippen MR) is 134 cm³/mol. The van der Waals surface area contributed by atoms with E-state index in [2.05, 4.69) is 15.0 Å². The molecule has 0 unspecified atom stereocenters. The smallest absolute Gasteiger partial charge is 0.336 e. The van der Waals surface area contributed by atoms with Gasteiger partial charge < -0.3 is 30.5 Å². The number of carboxylic acids is 1. The standard InChI is InChI=1S/C26H25N5O7/c27-23-21-24(29-12-28-23)31(13-30-21)25-19(33)10-15(38-25)11-37-20-7-3-4-14(22(20)34)8-9-18(32)16-5-1-2-6-17(16)26(35)36/h1-7,12-13,15,19,25,33-34H,8-11H2,(H,35,36)(H2,27,28,29)/t15-,19+,25+/m0/s1. The minimum absolute atomic E-state index is 0.00778. The van der Waals surface area contributed by atoms with Gasteiger partial charge in [-0.15, -0.1) is 0 Å². The molecule has 0 aliphatic carbocycles. The van der Waals surface area contributed by atoms with E-state index in [1.165, 1.54) is 24.8 Å². The van der Waals surface area contributed by atoms with Gasteiger partial charge in [0.1, 0.15) is 24.6 Å². The van der Waals surface area contributed by atoms with Crippen molar-refractivity contribution in [3.8, 4) is 11.5 Å². The highest BCUT2D eigenvalue weighted by atomic mass is 16.6. The highest BCUT2D eigenvalue weighted by Crippen LogP contribution is 2.34. The summed E-state index contributed by atoms with van der Waals surface area (Å²) in [4.78, 5) is 36.4. The molecule has 0 bridgehead atoms. The Labute approximate surface area is 216 Å². The number of ether oxygens (including phenoxy) is 2. The third-order valence-corrected chi connectivity index (χ3v) is 6.41. The number of benzene rings is 2. The maximum absolute atomic E-state index is 12.7. The number of aliphatic hydroxyl groups excluding tert-OH is 1. The van der Waals surface area contributed by atoms with E-state index in [1.54, 1.807) is 34.9 Å². The maximum Gasteiger partial charge on any atom is 0.336 e. The normalized spacial score (nSPS) is 19.0. The molecule has 3 heterocycles. The van der Waals surface area contributed by atoms with Crippen molar-refractivity contribution in [2.75, 3.05) is 12.3 Å². The number of aliphatic hydroxyl groups is 1. The summed E-state index contributed by atoms with van der Waals surface area (Å²) in [5.41, 5.74) is 7.24. The van der Waals surface area contributed by atoms with Gasteiger partial charge in [-0.05, 0) is 24.1 Å². The summed E-state index contributed by atoms with van der Waals surface area (Å²) in [5.74, 6) is -1.20. The number of phenolic OH excluding ortho intramolecular Hbond substituents is 1. The first-order valence-electron chi connectivity index (χ1n) is 11.9. The van der Waals surface area contributed by atoms with Crippen LogP contribution in [-0.2, 0) is 11.2 Å². The lowest BCUT2D eigenvalue weighted by Crippen LogP contribution is -2.20. The van der Waals surface area contributed by atoms with Crippen LogP contribution < -0.4 is 10.5 Å². The molecule has 5 rings (SSSR count). The van der Waals surface area contributed by atoms with E-state index >= 15 is 0 Å². The van der Waals surface area contributed by atoms with E-state index in [4.69, 9.17) is 15.2 Å². The van der Waals surface area contributed by atoms with E-state index in [0.717, 1.165) is 0 Å². The van der Waals surface area contributed by atoms with E-state index < -0.39 is 24.4 Å². The number of phenols is 1. The molecule has 3 atom stereocenters. The van der Waals surface area contributed by atoms with E-state index in [0.29, 0.717) is 16.7 Å². The molecule has 12 heteroatoms. The summed E-state index contributed by atoms with van der Waals surface area (Å²) in [5, 5.41) is 30.7. The number of aromatic hydroxyl groups is 1. The van der Waals surface area contributed by atoms with Gasteiger partial charge in [0.2, 0.25) is 0 Å². The Hall–Kier alpha value is -4.55. The molecule has 1 fully saturated rings. The number of carboxylic acid groups (broad SMARTS) is 1. The number of nitrogens with two attached hydrogens (primary N) is 1. The van der Waals surface area contributed by atoms with Crippen LogP contribution in [0.1, 0.15) is 45.3 Å². The number of hydrogen-bond acceptors (Lipinski definition) is 10. The highest BCUT2D eigenvalue weighted by molar-refractivity contribution is 6.05. The van der Waals surface area contributed by atoms with Crippen molar-refractivity contribution >= 4 is 28.7 Å². The Morgan fingerprint density at radius 2 is 1.89 bits per heavy atom. The molecule has 0 amide bonds. The van der Waals surface area contributed by atoms with Gasteiger partial charge in [-0.25, -0.2) is 19.7 Å². The van der Waals surface area contributed by atoms with E-state index in [-0.39, 0.29) is 60.1 Å². The van der Waals surface area contributed by atoms with Crippen molar-refractivity contribution in [3.63, 3.8) is 0 Å². The SMILES string of the molecule is Nc1ncnc2c1ncn2[C@@H]1O[C@H](COc2cccc(CCC(=O)c3ccccc3C(=O)O)c2O)C[C@H]1O. The second kappa shape index (κ2) is 10.4. The minimum Gasteiger partial charge on any atom is -0.504 e. The largest absolute Gasteiger partial charge is 0.504 e. The molecule has 0 radical (unpaired) electrons. The van der Waals surface area contributed by atoms with Gasteiger partial charge >= 0.3 is 5.97 Å². The van der Waals surface area contributed by atoms with Gasteiger partial charge in [0.25, 0.3) is 0 Å². The summed E-state index contributed by atoms with van der Waals surface area (Å²) in [7, 11) is 0. The number of para-hydroxylation sites is 1. The predicted octanol–water partition coefficient (Wildman–Crippen LogP) is 2.36. The number of carbonyl (C=O) groups excluding carboxylic acids is 1. The van der Waals surface area contributed by atoms with Crippen LogP contribution in [0.4, 0.5) is 5.82 Å². The molecule has 2 aromatic carbocycles. The summed E-state index contributed by atoms with van der Waals surface area (Å²) in [6.07, 6.45) is 1.19. The topological polar surface area (TPSA) is 183 Å². The number of hydrogen-bond donors (Lipinski definition) is 4. The molecule has 1 aliphatic rings. The van der Waals surface area contributed by atoms with Crippen LogP contribution in [0.3, 0.4) is 0 Å². The molecule has 2 aromatic heterocycles. The number of fused-ring (bicyclic) bond motifs is 1. The number of aryl methyl sites for hydroxylation is 1. The molecule has 0 spiro atoms. The molecule has 38 heavy (non-hydrogen) atoms. The Bertz CT molecular complexity index is 1500. The molecule has 4 aromatic rings. The Balaban J connectivity index is 1.22. The average Bonchev–Trinajstić information content (AvgIpc) is 3.50. The van der Waals surface area contributed by atoms with Crippen molar-refractivity contribution in [1.29, 1.82) is 0 Å². The van der Waals surface area contributed by atoms with Gasteiger partial charge in [0, 0.05) is 18.4 Å². The van der Waals surface area contributed by atoms with Crippen LogP contribution in [0, 0.1) is 0 Å². The Kier molecular flexibility index (Phi) is 6.90. The molecule has 5 N–H and O–H groups in total. The fourth-order valence-corrected chi connectivity index (χ4v) is 4.51. The minimum atomic E-state index is -1.17. The van der Waals surface area contributed by atoms with E-state index in [1.807, 2.05) is 0 Å². The number of nitrogen functional groups attached to an aromatic ring is 1. The maximum atomic E-state index is 12.7. The van der Waals surface area contributed by atoms with Crippen LogP contribution in [0.25, 0.3) is 11.2 Å². The van der Waals surface area contributed by atoms with Crippen LogP contribution in [-0.4, -0.2) is 65.4 Å². The first-order chi connectivity index (χ1) is 18.3. The van der Waals surface area contributed by atoms with Crippen LogP contribution in [0.15, 0.2) is 55.1 Å². The van der Waals surface area contributed by atoms with Crippen molar-refractivity contribution in [1.82, 2.24) is 19.5 Å². The summed E-state index contributed by atoms with van der Waals surface area (Å²) in [6, 6.07) is 11.0. The van der Waals surface area contributed by atoms with Gasteiger partial charge in [-0.1, -0.05) is 30.3 Å². The molecular formula is C26H25N5O7. The zero-order valence-electron chi connectivity index (χ0n) is 20.1. The molecule has 1 saturated heterocycles. The molecule has 0 saturated carbocycles. The van der Waals surface area contributed by atoms with E-state index in [9.17, 15) is 24.9 Å². The Morgan fingerprint density at radius 3 is 2.68 bits per heavy atom. The quantitative estimate of drug-likeness (QED) is 0.238. The number of rotatable bonds is 9. The lowest BCUT2D eigenvalue weighted by atomic mass is 9.98. The van der Waals surface area contributed by atoms with Crippen LogP contribution in [0.2, 0.25) is 0 Å². The molecular weight excluding hydrogens is 494 g/mol. The number of Topliss-reactive ketones (excluding diaryl/α,β-unsaturated/α-hetero) is 1. The number of carbonyl (C=O) groups is 2. The van der Waals surface area contributed by atoms with Crippen molar-refractivity contribution in [3.05, 3.63) is 71.8 Å². The van der Waals surface area contributed by atoms with Crippen molar-refractivity contribution in [2.45, 2.75) is 37.7 Å². The lowest BCUT2D eigenvalue weighted by Gasteiger charge is -2.17. The average molecular weight is 520 g/mol. The fourth-order valence-electron chi connectivity index (χ4n) is 4.51. The zero-order valence-corrected chi connectivity index (χ0v) is 20.1. The monoisotopic (exact) mass is 519 g/mol. The van der Waals surface area contributed by atoms with Crippen LogP contribution >= 0.6 is 0 Å². The third-order valence-electron chi connectivity index (χ3n) is 6.41. The number of ketones is 1. The zero-order chi connectivity index (χ0) is 26.8. The highest BCUT2D eigenvalue weighted by Gasteiger charge is 2.37. The number of aromatic carboxylic acids is 1. The summed E-state index contributed by atoms with van der Waals surface area (Å²) in [6.45, 7) is 0.0548. The Morgan fingerprint density at radius 1 is 1.11 bits per heavy atom.